The summed E-state index contributed by atoms with van der Waals surface area (Å²) in [6.07, 6.45) is -1.41. The van der Waals surface area contributed by atoms with E-state index in [9.17, 15) is 19.5 Å². The zero-order chi connectivity index (χ0) is 26.1. The van der Waals surface area contributed by atoms with Crippen LogP contribution in [0.25, 0.3) is 21.8 Å². The lowest BCUT2D eigenvalue weighted by atomic mass is 10.1. The predicted molar refractivity (Wildman–Crippen MR) is 133 cm³/mol. The minimum atomic E-state index is -0.797. The first-order valence-electron chi connectivity index (χ1n) is 11.2. The maximum Gasteiger partial charge on any atom is 0.412 e. The van der Waals surface area contributed by atoms with Crippen molar-refractivity contribution in [2.75, 3.05) is 17.2 Å². The van der Waals surface area contributed by atoms with E-state index in [0.29, 0.717) is 27.5 Å². The number of anilines is 2. The fraction of sp³-hybridized carbons (Fsp3) is 0.400. The maximum atomic E-state index is 12.7. The summed E-state index contributed by atoms with van der Waals surface area (Å²) in [5.74, 6) is -1.22. The van der Waals surface area contributed by atoms with E-state index in [4.69, 9.17) is 14.2 Å². The van der Waals surface area contributed by atoms with Crippen molar-refractivity contribution in [3.05, 3.63) is 29.8 Å². The van der Waals surface area contributed by atoms with E-state index in [-0.39, 0.29) is 17.9 Å². The fourth-order valence-corrected chi connectivity index (χ4v) is 3.44. The van der Waals surface area contributed by atoms with Crippen LogP contribution < -0.4 is 10.6 Å². The third kappa shape index (κ3) is 6.14. The van der Waals surface area contributed by atoms with Gasteiger partial charge in [-0.05, 0) is 72.7 Å². The normalized spacial score (nSPS) is 11.9. The fourth-order valence-electron chi connectivity index (χ4n) is 3.44. The molecule has 2 aromatic carbocycles. The molecule has 0 bridgehead atoms. The average molecular weight is 486 g/mol. The molecule has 0 spiro atoms. The van der Waals surface area contributed by atoms with Crippen molar-refractivity contribution in [2.24, 2.45) is 0 Å². The number of nitrogens with one attached hydrogen (secondary N) is 3. The van der Waals surface area contributed by atoms with Crippen molar-refractivity contribution in [3.8, 4) is 5.75 Å². The molecule has 2 amide bonds. The van der Waals surface area contributed by atoms with Gasteiger partial charge in [-0.1, -0.05) is 0 Å². The highest BCUT2D eigenvalue weighted by atomic mass is 16.6. The zero-order valence-electron chi connectivity index (χ0n) is 20.9. The highest BCUT2D eigenvalue weighted by Crippen LogP contribution is 2.39. The average Bonchev–Trinajstić information content (AvgIpc) is 3.03. The van der Waals surface area contributed by atoms with Gasteiger partial charge in [0.25, 0.3) is 0 Å². The second kappa shape index (κ2) is 9.36. The van der Waals surface area contributed by atoms with Crippen LogP contribution in [0.4, 0.5) is 21.0 Å². The van der Waals surface area contributed by atoms with Gasteiger partial charge in [0.15, 0.2) is 5.75 Å². The first-order valence-corrected chi connectivity index (χ1v) is 11.2. The number of phenols is 1. The molecule has 10 heteroatoms. The van der Waals surface area contributed by atoms with Crippen molar-refractivity contribution in [3.63, 3.8) is 0 Å². The highest BCUT2D eigenvalue weighted by molar-refractivity contribution is 6.18. The summed E-state index contributed by atoms with van der Waals surface area (Å²) in [6.45, 7) is 12.1. The topological polar surface area (TPSA) is 139 Å². The Balaban J connectivity index is 2.13. The van der Waals surface area contributed by atoms with Crippen LogP contribution in [0, 0.1) is 0 Å². The van der Waals surface area contributed by atoms with Crippen molar-refractivity contribution < 1.29 is 33.7 Å². The van der Waals surface area contributed by atoms with Crippen LogP contribution in [0.1, 0.15) is 58.8 Å². The van der Waals surface area contributed by atoms with E-state index in [2.05, 4.69) is 15.6 Å². The second-order valence-corrected chi connectivity index (χ2v) is 9.93. The molecule has 0 unspecified atom stereocenters. The van der Waals surface area contributed by atoms with Crippen LogP contribution in [0.2, 0.25) is 0 Å². The van der Waals surface area contributed by atoms with Crippen LogP contribution >= 0.6 is 0 Å². The minimum Gasteiger partial charge on any atom is -0.505 e. The number of ether oxygens (including phenoxy) is 3. The van der Waals surface area contributed by atoms with Gasteiger partial charge in [-0.15, -0.1) is 0 Å². The summed E-state index contributed by atoms with van der Waals surface area (Å²) >= 11 is 0. The number of carbonyl (C=O) groups is 3. The Morgan fingerprint density at radius 2 is 1.51 bits per heavy atom. The Kier molecular flexibility index (Phi) is 6.86. The molecule has 0 aliphatic heterocycles. The molecule has 3 aromatic rings. The molecule has 1 heterocycles. The van der Waals surface area contributed by atoms with Crippen LogP contribution in [0.3, 0.4) is 0 Å². The van der Waals surface area contributed by atoms with Gasteiger partial charge in [0.1, 0.15) is 16.8 Å². The molecule has 35 heavy (non-hydrogen) atoms. The third-order valence-corrected chi connectivity index (χ3v) is 4.63. The zero-order valence-corrected chi connectivity index (χ0v) is 20.9. The Morgan fingerprint density at radius 3 is 2.09 bits per heavy atom. The van der Waals surface area contributed by atoms with Crippen molar-refractivity contribution in [1.82, 2.24) is 4.98 Å². The van der Waals surface area contributed by atoms with E-state index in [1.807, 2.05) is 0 Å². The molecule has 3 rings (SSSR count). The summed E-state index contributed by atoms with van der Waals surface area (Å²) in [4.78, 5) is 40.5. The van der Waals surface area contributed by atoms with Crippen LogP contribution in [0.15, 0.2) is 24.3 Å². The minimum absolute atomic E-state index is 0.0267. The Bertz CT molecular complexity index is 1300. The third-order valence-electron chi connectivity index (χ3n) is 4.63. The number of hydrogen-bond acceptors (Lipinski definition) is 7. The van der Waals surface area contributed by atoms with E-state index in [0.717, 1.165) is 0 Å². The standard InChI is InChI=1S/C25H31N3O7/c1-8-33-21(30)18-19-15(12-17(20(18)29)28-23(32)35-25(5,6)7)14-11-13(9-10-16(14)27-19)26-22(31)34-24(2,3)4/h9-12,27,29H,8H2,1-7H3,(H,26,31)(H,28,32). The first kappa shape index (κ1) is 25.7. The van der Waals surface area contributed by atoms with Gasteiger partial charge in [-0.3, -0.25) is 10.6 Å². The molecule has 10 nitrogen and oxygen atoms in total. The van der Waals surface area contributed by atoms with Gasteiger partial charge in [0.05, 0.1) is 17.8 Å². The molecule has 0 saturated heterocycles. The number of carbonyl (C=O) groups excluding carboxylic acids is 3. The lowest BCUT2D eigenvalue weighted by molar-refractivity contribution is 0.0522. The molecule has 0 saturated carbocycles. The van der Waals surface area contributed by atoms with Gasteiger partial charge in [-0.25, -0.2) is 14.4 Å². The number of aromatic amines is 1. The van der Waals surface area contributed by atoms with E-state index in [1.54, 1.807) is 66.7 Å². The van der Waals surface area contributed by atoms with E-state index in [1.165, 1.54) is 6.07 Å². The second-order valence-electron chi connectivity index (χ2n) is 9.93. The van der Waals surface area contributed by atoms with Crippen LogP contribution in [0.5, 0.6) is 5.75 Å². The first-order chi connectivity index (χ1) is 16.2. The summed E-state index contributed by atoms with van der Waals surface area (Å²) in [5.41, 5.74) is -0.177. The SMILES string of the molecule is CCOC(=O)c1c(O)c(NC(=O)OC(C)(C)C)cc2c1[nH]c1ccc(NC(=O)OC(C)(C)C)cc12. The monoisotopic (exact) mass is 485 g/mol. The van der Waals surface area contributed by atoms with Crippen molar-refractivity contribution in [2.45, 2.75) is 59.7 Å². The largest absolute Gasteiger partial charge is 0.505 e. The molecule has 0 fully saturated rings. The molecular weight excluding hydrogens is 454 g/mol. The number of fused-ring (bicyclic) bond motifs is 3. The Hall–Kier alpha value is -3.95. The number of rotatable bonds is 4. The highest BCUT2D eigenvalue weighted by Gasteiger charge is 2.25. The van der Waals surface area contributed by atoms with Crippen LogP contribution in [-0.4, -0.2) is 46.1 Å². The van der Waals surface area contributed by atoms with Crippen molar-refractivity contribution >= 4 is 51.3 Å². The van der Waals surface area contributed by atoms with E-state index >= 15 is 0 Å². The number of benzene rings is 2. The molecular formula is C25H31N3O7. The number of amides is 2. The van der Waals surface area contributed by atoms with Crippen molar-refractivity contribution in [1.29, 1.82) is 0 Å². The van der Waals surface area contributed by atoms with Gasteiger partial charge in [0.2, 0.25) is 0 Å². The van der Waals surface area contributed by atoms with Crippen LogP contribution in [-0.2, 0) is 14.2 Å². The summed E-state index contributed by atoms with van der Waals surface area (Å²) in [7, 11) is 0. The molecule has 0 radical (unpaired) electrons. The lowest BCUT2D eigenvalue weighted by Crippen LogP contribution is -2.27. The summed E-state index contributed by atoms with van der Waals surface area (Å²) in [5, 5.41) is 17.2. The Labute approximate surface area is 202 Å². The maximum absolute atomic E-state index is 12.7. The number of hydrogen-bond donors (Lipinski definition) is 4. The summed E-state index contributed by atoms with van der Waals surface area (Å²) < 4.78 is 15.7. The number of phenolic OH excluding ortho intramolecular Hbond substituents is 1. The molecule has 0 aliphatic carbocycles. The van der Waals surface area contributed by atoms with Gasteiger partial charge in [0, 0.05) is 22.0 Å². The number of aromatic nitrogens is 1. The number of H-pyrrole nitrogens is 1. The smallest absolute Gasteiger partial charge is 0.412 e. The van der Waals surface area contributed by atoms with Gasteiger partial charge >= 0.3 is 18.2 Å². The van der Waals surface area contributed by atoms with E-state index < -0.39 is 35.1 Å². The quantitative estimate of drug-likeness (QED) is 0.205. The molecule has 0 aliphatic rings. The Morgan fingerprint density at radius 1 is 0.914 bits per heavy atom. The molecule has 0 atom stereocenters. The molecule has 188 valence electrons. The molecule has 1 aromatic heterocycles. The lowest BCUT2D eigenvalue weighted by Gasteiger charge is -2.20. The number of esters is 1. The molecule has 4 N–H and O–H groups in total. The van der Waals surface area contributed by atoms with Gasteiger partial charge < -0.3 is 24.3 Å². The number of aromatic hydroxyl groups is 1. The van der Waals surface area contributed by atoms with Gasteiger partial charge in [-0.2, -0.15) is 0 Å². The predicted octanol–water partition coefficient (Wildman–Crippen LogP) is 5.90. The summed E-state index contributed by atoms with van der Waals surface area (Å²) in [6, 6.07) is 6.61.